The van der Waals surface area contributed by atoms with Crippen molar-refractivity contribution >= 4 is 38.5 Å². The molecule has 0 aliphatic carbocycles. The lowest BCUT2D eigenvalue weighted by Gasteiger charge is -2.14. The highest BCUT2D eigenvalue weighted by Gasteiger charge is 2.33. The van der Waals surface area contributed by atoms with Crippen molar-refractivity contribution in [1.82, 2.24) is 4.98 Å². The molecule has 0 radical (unpaired) electrons. The number of hydrogen-bond acceptors (Lipinski definition) is 2. The van der Waals surface area contributed by atoms with Gasteiger partial charge in [0.25, 0.3) is 6.43 Å². The molecular weight excluding hydrogens is 428 g/mol. The van der Waals surface area contributed by atoms with E-state index in [2.05, 4.69) is 25.7 Å². The van der Waals surface area contributed by atoms with Crippen LogP contribution in [0.5, 0.6) is 5.75 Å². The van der Waals surface area contributed by atoms with Gasteiger partial charge in [-0.15, -0.1) is 13.2 Å². The van der Waals surface area contributed by atoms with Gasteiger partial charge in [0.15, 0.2) is 5.75 Å². The van der Waals surface area contributed by atoms with E-state index < -0.39 is 24.1 Å². The van der Waals surface area contributed by atoms with Gasteiger partial charge in [0, 0.05) is 5.33 Å². The molecular formula is C8H4BrF5INO. The van der Waals surface area contributed by atoms with E-state index in [4.69, 9.17) is 0 Å². The zero-order chi connectivity index (χ0) is 13.2. The lowest BCUT2D eigenvalue weighted by atomic mass is 10.2. The number of nitrogens with zero attached hydrogens (tertiary/aromatic N) is 1. The van der Waals surface area contributed by atoms with Gasteiger partial charge in [-0.05, 0) is 22.6 Å². The Morgan fingerprint density at radius 1 is 1.41 bits per heavy atom. The first-order valence-electron chi connectivity index (χ1n) is 4.03. The van der Waals surface area contributed by atoms with Gasteiger partial charge in [0.2, 0.25) is 0 Å². The van der Waals surface area contributed by atoms with E-state index >= 15 is 0 Å². The molecule has 0 aromatic carbocycles. The Morgan fingerprint density at radius 3 is 2.41 bits per heavy atom. The third-order valence-electron chi connectivity index (χ3n) is 1.67. The topological polar surface area (TPSA) is 22.1 Å². The van der Waals surface area contributed by atoms with Crippen LogP contribution in [0.4, 0.5) is 22.0 Å². The molecule has 9 heteroatoms. The van der Waals surface area contributed by atoms with Crippen LogP contribution in [0.1, 0.15) is 17.7 Å². The normalized spacial score (nSPS) is 12.0. The summed E-state index contributed by atoms with van der Waals surface area (Å²) >= 11 is 4.31. The largest absolute Gasteiger partial charge is 0.573 e. The Balaban J connectivity index is 3.23. The minimum atomic E-state index is -4.93. The van der Waals surface area contributed by atoms with Gasteiger partial charge in [0.05, 0.1) is 21.0 Å². The van der Waals surface area contributed by atoms with Crippen molar-refractivity contribution in [3.63, 3.8) is 0 Å². The van der Waals surface area contributed by atoms with Gasteiger partial charge in [-0.3, -0.25) is 4.98 Å². The van der Waals surface area contributed by atoms with Crippen molar-refractivity contribution in [3.8, 4) is 5.75 Å². The Kier molecular flexibility index (Phi) is 4.93. The molecule has 0 aliphatic rings. The highest BCUT2D eigenvalue weighted by atomic mass is 127. The Hall–Kier alpha value is -0.190. The standard InChI is InChI=1S/C8H4BrF5INO/c9-1-3-5(7(10)11)6(15)4(2-16-3)17-8(12,13)14/h2,7H,1H2. The molecule has 0 bridgehead atoms. The van der Waals surface area contributed by atoms with Gasteiger partial charge < -0.3 is 4.74 Å². The molecule has 0 saturated heterocycles. The molecule has 1 aromatic heterocycles. The number of aromatic nitrogens is 1. The van der Waals surface area contributed by atoms with E-state index in [9.17, 15) is 22.0 Å². The molecule has 0 aliphatic heterocycles. The van der Waals surface area contributed by atoms with Crippen molar-refractivity contribution < 1.29 is 26.7 Å². The van der Waals surface area contributed by atoms with E-state index in [1.165, 1.54) is 22.6 Å². The number of alkyl halides is 6. The zero-order valence-electron chi connectivity index (χ0n) is 7.86. The molecule has 0 unspecified atom stereocenters. The smallest absolute Gasteiger partial charge is 0.403 e. The van der Waals surface area contributed by atoms with Crippen LogP contribution >= 0.6 is 38.5 Å². The third-order valence-corrected chi connectivity index (χ3v) is 3.32. The monoisotopic (exact) mass is 431 g/mol. The van der Waals surface area contributed by atoms with Crippen LogP contribution in [-0.4, -0.2) is 11.3 Å². The van der Waals surface area contributed by atoms with Gasteiger partial charge in [0.1, 0.15) is 0 Å². The van der Waals surface area contributed by atoms with E-state index in [1.807, 2.05) is 0 Å². The minimum Gasteiger partial charge on any atom is -0.403 e. The summed E-state index contributed by atoms with van der Waals surface area (Å²) in [5.74, 6) is -0.724. The van der Waals surface area contributed by atoms with Crippen molar-refractivity contribution in [2.24, 2.45) is 0 Å². The van der Waals surface area contributed by atoms with Gasteiger partial charge in [-0.1, -0.05) is 15.9 Å². The molecule has 17 heavy (non-hydrogen) atoms. The molecule has 96 valence electrons. The third kappa shape index (κ3) is 3.90. The first-order valence-corrected chi connectivity index (χ1v) is 6.23. The molecule has 0 amide bonds. The molecule has 0 atom stereocenters. The summed E-state index contributed by atoms with van der Waals surface area (Å²) in [4.78, 5) is 3.51. The maximum Gasteiger partial charge on any atom is 0.573 e. The molecule has 1 heterocycles. The highest BCUT2D eigenvalue weighted by Crippen LogP contribution is 2.35. The van der Waals surface area contributed by atoms with Crippen LogP contribution < -0.4 is 4.74 Å². The summed E-state index contributed by atoms with van der Waals surface area (Å²) < 4.78 is 64.6. The second-order valence-corrected chi connectivity index (χ2v) is 4.42. The summed E-state index contributed by atoms with van der Waals surface area (Å²) in [7, 11) is 0. The maximum absolute atomic E-state index is 12.7. The first-order chi connectivity index (χ1) is 7.76. The predicted octanol–water partition coefficient (Wildman–Crippen LogP) is 4.42. The molecule has 1 rings (SSSR count). The number of ether oxygens (including phenoxy) is 1. The van der Waals surface area contributed by atoms with E-state index in [-0.39, 0.29) is 14.6 Å². The van der Waals surface area contributed by atoms with Gasteiger partial charge in [-0.2, -0.15) is 0 Å². The van der Waals surface area contributed by atoms with Gasteiger partial charge in [-0.25, -0.2) is 8.78 Å². The number of rotatable bonds is 3. The van der Waals surface area contributed by atoms with Crippen LogP contribution in [-0.2, 0) is 5.33 Å². The second kappa shape index (κ2) is 5.63. The summed E-state index contributed by atoms with van der Waals surface area (Å²) in [6, 6.07) is 0. The number of hydrogen-bond donors (Lipinski definition) is 0. The summed E-state index contributed by atoms with van der Waals surface area (Å²) in [6.45, 7) is 0. The molecule has 0 N–H and O–H groups in total. The van der Waals surface area contributed by atoms with E-state index in [0.29, 0.717) is 0 Å². The molecule has 0 fully saturated rings. The molecule has 0 saturated carbocycles. The average molecular weight is 432 g/mol. The van der Waals surface area contributed by atoms with Crippen LogP contribution in [0.25, 0.3) is 0 Å². The maximum atomic E-state index is 12.7. The first kappa shape index (κ1) is 14.9. The van der Waals surface area contributed by atoms with Crippen molar-refractivity contribution in [3.05, 3.63) is 21.0 Å². The summed E-state index contributed by atoms with van der Waals surface area (Å²) in [5, 5.41) is 0.0228. The second-order valence-electron chi connectivity index (χ2n) is 2.78. The SMILES string of the molecule is FC(F)c1c(CBr)ncc(OC(F)(F)F)c1I. The quantitative estimate of drug-likeness (QED) is 0.401. The molecule has 0 spiro atoms. The summed E-state index contributed by atoms with van der Waals surface area (Å²) in [5.41, 5.74) is -0.567. The molecule has 1 aromatic rings. The average Bonchev–Trinajstić information content (AvgIpc) is 2.18. The lowest BCUT2D eigenvalue weighted by Crippen LogP contribution is -2.19. The Bertz CT molecular complexity index is 412. The van der Waals surface area contributed by atoms with Crippen LogP contribution in [0.2, 0.25) is 0 Å². The summed E-state index contributed by atoms with van der Waals surface area (Å²) in [6.07, 6.45) is -7.08. The minimum absolute atomic E-state index is 0.0149. The van der Waals surface area contributed by atoms with E-state index in [0.717, 1.165) is 6.20 Å². The fourth-order valence-electron chi connectivity index (χ4n) is 1.05. The van der Waals surface area contributed by atoms with Crippen molar-refractivity contribution in [2.45, 2.75) is 18.1 Å². The highest BCUT2D eigenvalue weighted by molar-refractivity contribution is 14.1. The van der Waals surface area contributed by atoms with Crippen LogP contribution in [0.3, 0.4) is 0 Å². The Labute approximate surface area is 115 Å². The van der Waals surface area contributed by atoms with Crippen LogP contribution in [0, 0.1) is 3.57 Å². The lowest BCUT2D eigenvalue weighted by molar-refractivity contribution is -0.275. The van der Waals surface area contributed by atoms with Crippen molar-refractivity contribution in [2.75, 3.05) is 0 Å². The van der Waals surface area contributed by atoms with E-state index in [1.54, 1.807) is 0 Å². The fourth-order valence-corrected chi connectivity index (χ4v) is 2.29. The number of pyridine rings is 1. The van der Waals surface area contributed by atoms with Crippen LogP contribution in [0.15, 0.2) is 6.20 Å². The van der Waals surface area contributed by atoms with Crippen molar-refractivity contribution in [1.29, 1.82) is 0 Å². The Morgan fingerprint density at radius 2 is 2.00 bits per heavy atom. The number of halogens is 7. The predicted molar refractivity (Wildman–Crippen MR) is 61.2 cm³/mol. The molecule has 2 nitrogen and oxygen atoms in total. The fraction of sp³-hybridized carbons (Fsp3) is 0.375. The van der Waals surface area contributed by atoms with Gasteiger partial charge >= 0.3 is 6.36 Å². The zero-order valence-corrected chi connectivity index (χ0v) is 11.6.